The summed E-state index contributed by atoms with van der Waals surface area (Å²) in [7, 11) is -1.71. The van der Waals surface area contributed by atoms with E-state index in [2.05, 4.69) is 152 Å². The van der Waals surface area contributed by atoms with Gasteiger partial charge in [-0.2, -0.15) is 0 Å². The van der Waals surface area contributed by atoms with Gasteiger partial charge in [0.05, 0.1) is 12.8 Å². The van der Waals surface area contributed by atoms with Crippen LogP contribution in [-0.4, -0.2) is 12.8 Å². The molecule has 1 nitrogen and oxygen atoms in total. The molecule has 0 N–H and O–H groups in total. The van der Waals surface area contributed by atoms with Crippen molar-refractivity contribution in [2.24, 2.45) is 0 Å². The number of unbranched alkanes of at least 4 members (excludes halogenated alkanes) is 4. The topological polar surface area (TPSA) is 9.23 Å². The summed E-state index contributed by atoms with van der Waals surface area (Å²) in [4.78, 5) is 0. The molecule has 0 aliphatic carbocycles. The van der Waals surface area contributed by atoms with E-state index in [0.29, 0.717) is 0 Å². The molecule has 0 saturated heterocycles. The molecule has 0 heterocycles. The molecule has 0 aliphatic rings. The third-order valence-electron chi connectivity index (χ3n) is 7.65. The lowest BCUT2D eigenvalue weighted by Crippen LogP contribution is -3.00. The normalized spacial score (nSPS) is 11.2. The Morgan fingerprint density at radius 2 is 0.833 bits per heavy atom. The average molecular weight is 683 g/mol. The van der Waals surface area contributed by atoms with E-state index < -0.39 is 7.26 Å². The Labute approximate surface area is 270 Å². The highest BCUT2D eigenvalue weighted by atomic mass is 127. The van der Waals surface area contributed by atoms with Crippen LogP contribution in [0.15, 0.2) is 146 Å². The largest absolute Gasteiger partial charge is 1.00 e. The van der Waals surface area contributed by atoms with Crippen molar-refractivity contribution in [3.63, 3.8) is 0 Å². The lowest BCUT2D eigenvalue weighted by Gasteiger charge is -2.27. The van der Waals surface area contributed by atoms with Gasteiger partial charge in [-0.05, 0) is 78.9 Å². The van der Waals surface area contributed by atoms with Gasteiger partial charge in [0.2, 0.25) is 0 Å². The first kappa shape index (κ1) is 31.7. The fourth-order valence-electron chi connectivity index (χ4n) is 5.49. The summed E-state index contributed by atoms with van der Waals surface area (Å²) in [6, 6.07) is 52.4. The summed E-state index contributed by atoms with van der Waals surface area (Å²) < 4.78 is 6.04. The van der Waals surface area contributed by atoms with Crippen molar-refractivity contribution in [1.82, 2.24) is 0 Å². The molecule has 0 amide bonds. The Morgan fingerprint density at radius 3 is 1.33 bits per heavy atom. The molecule has 0 fully saturated rings. The van der Waals surface area contributed by atoms with Crippen molar-refractivity contribution in [3.8, 4) is 5.75 Å². The second-order valence-electron chi connectivity index (χ2n) is 10.5. The molecule has 0 bridgehead atoms. The predicted molar refractivity (Wildman–Crippen MR) is 180 cm³/mol. The minimum absolute atomic E-state index is 0. The summed E-state index contributed by atoms with van der Waals surface area (Å²) >= 11 is 0. The number of rotatable bonds is 14. The van der Waals surface area contributed by atoms with Gasteiger partial charge in [-0.15, -0.1) is 0 Å². The van der Waals surface area contributed by atoms with Crippen LogP contribution in [0.25, 0.3) is 12.2 Å². The highest BCUT2D eigenvalue weighted by Gasteiger charge is 2.44. The zero-order chi connectivity index (χ0) is 28.0. The van der Waals surface area contributed by atoms with Crippen LogP contribution in [0.2, 0.25) is 0 Å². The van der Waals surface area contributed by atoms with Crippen molar-refractivity contribution >= 4 is 35.3 Å². The van der Waals surface area contributed by atoms with Crippen LogP contribution < -0.4 is 44.6 Å². The Hall–Kier alpha value is -3.20. The van der Waals surface area contributed by atoms with Gasteiger partial charge in [-0.25, -0.2) is 0 Å². The second kappa shape index (κ2) is 17.0. The van der Waals surface area contributed by atoms with Crippen molar-refractivity contribution in [2.45, 2.75) is 32.1 Å². The molecule has 0 spiro atoms. The van der Waals surface area contributed by atoms with Crippen molar-refractivity contribution in [2.75, 3.05) is 12.8 Å². The summed E-state index contributed by atoms with van der Waals surface area (Å²) in [6.07, 6.45) is 11.5. The summed E-state index contributed by atoms with van der Waals surface area (Å²) in [6.45, 7) is 0.772. The number of benzene rings is 5. The van der Waals surface area contributed by atoms with Gasteiger partial charge in [0.1, 0.15) is 28.9 Å². The van der Waals surface area contributed by atoms with E-state index in [1.54, 1.807) is 0 Å². The van der Waals surface area contributed by atoms with Gasteiger partial charge in [0.15, 0.2) is 0 Å². The molecule has 5 rings (SSSR count). The van der Waals surface area contributed by atoms with E-state index in [9.17, 15) is 0 Å². The maximum absolute atomic E-state index is 6.04. The zero-order valence-electron chi connectivity index (χ0n) is 24.2. The first-order chi connectivity index (χ1) is 20.3. The van der Waals surface area contributed by atoms with Gasteiger partial charge in [-0.3, -0.25) is 0 Å². The van der Waals surface area contributed by atoms with Crippen molar-refractivity contribution < 1.29 is 28.7 Å². The molecule has 214 valence electrons. The highest BCUT2D eigenvalue weighted by Crippen LogP contribution is 2.56. The molecule has 0 radical (unpaired) electrons. The Balaban J connectivity index is 0.00000405. The van der Waals surface area contributed by atoms with Gasteiger partial charge in [0, 0.05) is 0 Å². The molecule has 5 aromatic carbocycles. The number of hydrogen-bond acceptors (Lipinski definition) is 1. The first-order valence-corrected chi connectivity index (χ1v) is 16.8. The SMILES string of the molecule is C(=C\c1ccc(OCCCCCCC[P+](c2ccccc2)(c2ccccc2)c2ccccc2)cc1)/c1ccccc1.[I-]. The Morgan fingerprint density at radius 1 is 0.429 bits per heavy atom. The van der Waals surface area contributed by atoms with Gasteiger partial charge < -0.3 is 28.7 Å². The molecule has 3 heteroatoms. The summed E-state index contributed by atoms with van der Waals surface area (Å²) in [5.74, 6) is 0.949. The van der Waals surface area contributed by atoms with E-state index in [4.69, 9.17) is 4.74 Å². The van der Waals surface area contributed by atoms with Crippen LogP contribution in [0.3, 0.4) is 0 Å². The molecule has 0 atom stereocenters. The molecule has 0 aliphatic heterocycles. The van der Waals surface area contributed by atoms with Gasteiger partial charge in [-0.1, -0.05) is 122 Å². The third kappa shape index (κ3) is 8.66. The van der Waals surface area contributed by atoms with E-state index in [1.165, 1.54) is 58.9 Å². The number of ether oxygens (including phenoxy) is 1. The van der Waals surface area contributed by atoms with Crippen LogP contribution in [0.1, 0.15) is 43.2 Å². The molecule has 0 unspecified atom stereocenters. The van der Waals surface area contributed by atoms with Crippen LogP contribution in [0.5, 0.6) is 5.75 Å². The Kier molecular flexibility index (Phi) is 12.9. The van der Waals surface area contributed by atoms with Crippen LogP contribution >= 0.6 is 7.26 Å². The smallest absolute Gasteiger partial charge is 0.119 e. The van der Waals surface area contributed by atoms with Crippen molar-refractivity contribution in [3.05, 3.63) is 157 Å². The van der Waals surface area contributed by atoms with E-state index in [0.717, 1.165) is 18.8 Å². The van der Waals surface area contributed by atoms with E-state index >= 15 is 0 Å². The van der Waals surface area contributed by atoms with E-state index in [1.807, 2.05) is 6.07 Å². The first-order valence-electron chi connectivity index (χ1n) is 14.9. The minimum atomic E-state index is -1.71. The third-order valence-corrected chi connectivity index (χ3v) is 12.2. The minimum Gasteiger partial charge on any atom is -1.00 e. The number of hydrogen-bond donors (Lipinski definition) is 0. The summed E-state index contributed by atoms with van der Waals surface area (Å²) in [5, 5.41) is 4.44. The lowest BCUT2D eigenvalue weighted by atomic mass is 10.1. The maximum Gasteiger partial charge on any atom is 0.119 e. The quantitative estimate of drug-likeness (QED) is 0.0589. The fourth-order valence-corrected chi connectivity index (χ4v) is 9.90. The molecule has 0 aromatic heterocycles. The maximum atomic E-state index is 6.04. The van der Waals surface area contributed by atoms with Gasteiger partial charge >= 0.3 is 0 Å². The van der Waals surface area contributed by atoms with E-state index in [-0.39, 0.29) is 24.0 Å². The molecule has 0 saturated carbocycles. The molecular weight excluding hydrogens is 642 g/mol. The van der Waals surface area contributed by atoms with Gasteiger partial charge in [0.25, 0.3) is 0 Å². The average Bonchev–Trinajstić information content (AvgIpc) is 3.05. The Bertz CT molecular complexity index is 1360. The summed E-state index contributed by atoms with van der Waals surface area (Å²) in [5.41, 5.74) is 2.39. The molecule has 5 aromatic rings. The predicted octanol–water partition coefficient (Wildman–Crippen LogP) is 6.18. The lowest BCUT2D eigenvalue weighted by molar-refractivity contribution is -0.00000843. The fraction of sp³-hybridized carbons (Fsp3) is 0.179. The highest BCUT2D eigenvalue weighted by molar-refractivity contribution is 7.95. The standard InChI is InChI=1S/C39H40OP.HI/c1(2-16-32-40-36-30-28-35(29-31-36)27-26-34-18-8-4-9-19-34)3-17-33-41(37-20-10-5-11-21-37,38-22-12-6-13-23-38)39-24-14-7-15-25-39;/h4-15,18-31H,1-3,16-17,32-33H2;1H/q+1;/p-1/b27-26+;. The van der Waals surface area contributed by atoms with Crippen LogP contribution in [0, 0.1) is 0 Å². The van der Waals surface area contributed by atoms with Crippen LogP contribution in [-0.2, 0) is 0 Å². The molecular formula is C39H40IOP. The monoisotopic (exact) mass is 682 g/mol. The number of halogens is 1. The second-order valence-corrected chi connectivity index (χ2v) is 14.1. The molecule has 42 heavy (non-hydrogen) atoms. The zero-order valence-corrected chi connectivity index (χ0v) is 27.2. The van der Waals surface area contributed by atoms with Crippen LogP contribution in [0.4, 0.5) is 0 Å². The van der Waals surface area contributed by atoms with Crippen molar-refractivity contribution in [1.29, 1.82) is 0 Å².